The molecule has 0 bridgehead atoms. The molecular weight excluding hydrogens is 248 g/mol. The molecule has 1 aromatic rings. The maximum absolute atomic E-state index is 11.3. The molecule has 2 unspecified atom stereocenters. The van der Waals surface area contributed by atoms with Crippen LogP contribution in [0.4, 0.5) is 5.13 Å². The minimum atomic E-state index is 0.219. The van der Waals surface area contributed by atoms with Gasteiger partial charge in [-0.1, -0.05) is 0 Å². The van der Waals surface area contributed by atoms with Crippen LogP contribution in [0, 0.1) is 5.92 Å². The van der Waals surface area contributed by atoms with Gasteiger partial charge in [-0.2, -0.15) is 0 Å². The van der Waals surface area contributed by atoms with Crippen LogP contribution in [0.15, 0.2) is 5.38 Å². The Kier molecular flexibility index (Phi) is 3.22. The quantitative estimate of drug-likeness (QED) is 0.831. The van der Waals surface area contributed by atoms with Gasteiger partial charge in [0.25, 0.3) is 0 Å². The molecule has 2 aliphatic rings. The first-order chi connectivity index (χ1) is 8.70. The lowest BCUT2D eigenvalue weighted by Gasteiger charge is -2.41. The summed E-state index contributed by atoms with van der Waals surface area (Å²) >= 11 is 1.50. The number of nitrogens with zero attached hydrogens (tertiary/aromatic N) is 2. The zero-order valence-electron chi connectivity index (χ0n) is 10.3. The molecule has 0 radical (unpaired) electrons. The number of nitrogens with one attached hydrogen (secondary N) is 1. The molecule has 2 saturated heterocycles. The van der Waals surface area contributed by atoms with Gasteiger partial charge in [-0.3, -0.25) is 9.69 Å². The lowest BCUT2D eigenvalue weighted by Crippen LogP contribution is -2.53. The number of fused-ring (bicyclic) bond motifs is 1. The van der Waals surface area contributed by atoms with Gasteiger partial charge in [0.15, 0.2) is 5.13 Å². The average Bonchev–Trinajstić information content (AvgIpc) is 2.75. The van der Waals surface area contributed by atoms with E-state index < -0.39 is 0 Å². The van der Waals surface area contributed by atoms with Crippen LogP contribution in [-0.2, 0) is 11.3 Å². The van der Waals surface area contributed by atoms with Crippen molar-refractivity contribution in [2.45, 2.75) is 31.8 Å². The zero-order valence-corrected chi connectivity index (χ0v) is 11.1. The van der Waals surface area contributed by atoms with Crippen molar-refractivity contribution in [2.75, 3.05) is 18.8 Å². The molecule has 6 heteroatoms. The number of nitrogens with two attached hydrogens (primary N) is 1. The smallest absolute Gasteiger partial charge is 0.220 e. The number of likely N-dealkylation sites (tertiary alicyclic amines) is 1. The van der Waals surface area contributed by atoms with Crippen LogP contribution in [0.5, 0.6) is 0 Å². The van der Waals surface area contributed by atoms with E-state index in [0.717, 1.165) is 38.2 Å². The molecule has 2 atom stereocenters. The van der Waals surface area contributed by atoms with E-state index in [-0.39, 0.29) is 5.91 Å². The number of amides is 1. The van der Waals surface area contributed by atoms with E-state index in [2.05, 4.69) is 15.2 Å². The van der Waals surface area contributed by atoms with Gasteiger partial charge in [-0.25, -0.2) is 4.98 Å². The summed E-state index contributed by atoms with van der Waals surface area (Å²) in [4.78, 5) is 18.1. The standard InChI is InChI=1S/C12H18N4OS/c13-12-14-9(7-18-12)6-16-4-3-10-8(5-16)1-2-11(17)15-10/h7-8,10H,1-6H2,(H2,13,14)(H,15,17). The van der Waals surface area contributed by atoms with Crippen LogP contribution in [-0.4, -0.2) is 34.9 Å². The zero-order chi connectivity index (χ0) is 12.5. The summed E-state index contributed by atoms with van der Waals surface area (Å²) in [5.41, 5.74) is 6.71. The van der Waals surface area contributed by atoms with Crippen LogP contribution in [0.1, 0.15) is 25.0 Å². The van der Waals surface area contributed by atoms with E-state index in [0.29, 0.717) is 23.5 Å². The summed E-state index contributed by atoms with van der Waals surface area (Å²) in [6, 6.07) is 0.392. The summed E-state index contributed by atoms with van der Waals surface area (Å²) in [6.45, 7) is 2.96. The molecule has 18 heavy (non-hydrogen) atoms. The third-order valence-corrected chi connectivity index (χ3v) is 4.58. The molecule has 3 rings (SSSR count). The van der Waals surface area contributed by atoms with E-state index in [4.69, 9.17) is 5.73 Å². The third-order valence-electron chi connectivity index (χ3n) is 3.86. The highest BCUT2D eigenvalue weighted by atomic mass is 32.1. The van der Waals surface area contributed by atoms with Crippen molar-refractivity contribution < 1.29 is 4.79 Å². The van der Waals surface area contributed by atoms with Crippen molar-refractivity contribution in [1.29, 1.82) is 0 Å². The molecule has 0 saturated carbocycles. The summed E-state index contributed by atoms with van der Waals surface area (Å²) < 4.78 is 0. The number of thiazole rings is 1. The van der Waals surface area contributed by atoms with Crippen molar-refractivity contribution >= 4 is 22.4 Å². The highest BCUT2D eigenvalue weighted by Gasteiger charge is 2.33. The molecular formula is C12H18N4OS. The number of hydrogen-bond acceptors (Lipinski definition) is 5. The van der Waals surface area contributed by atoms with Crippen molar-refractivity contribution in [3.05, 3.63) is 11.1 Å². The summed E-state index contributed by atoms with van der Waals surface area (Å²) in [5, 5.41) is 5.78. The van der Waals surface area contributed by atoms with Gasteiger partial charge in [0.2, 0.25) is 5.91 Å². The number of aromatic nitrogens is 1. The molecule has 2 aliphatic heterocycles. The topological polar surface area (TPSA) is 71.2 Å². The highest BCUT2D eigenvalue weighted by Crippen LogP contribution is 2.26. The van der Waals surface area contributed by atoms with E-state index >= 15 is 0 Å². The SMILES string of the molecule is Nc1nc(CN2CCC3NC(=O)CCC3C2)cs1. The van der Waals surface area contributed by atoms with Gasteiger partial charge < -0.3 is 11.1 Å². The fourth-order valence-electron chi connectivity index (χ4n) is 2.95. The van der Waals surface area contributed by atoms with Gasteiger partial charge in [-0.05, 0) is 18.8 Å². The lowest BCUT2D eigenvalue weighted by atomic mass is 9.85. The molecule has 1 aromatic heterocycles. The highest BCUT2D eigenvalue weighted by molar-refractivity contribution is 7.13. The molecule has 0 aromatic carbocycles. The Morgan fingerprint density at radius 3 is 3.22 bits per heavy atom. The Bertz CT molecular complexity index is 447. The minimum absolute atomic E-state index is 0.219. The predicted octanol–water partition coefficient (Wildman–Crippen LogP) is 0.826. The van der Waals surface area contributed by atoms with Gasteiger partial charge in [-0.15, -0.1) is 11.3 Å². The van der Waals surface area contributed by atoms with Crippen LogP contribution < -0.4 is 11.1 Å². The van der Waals surface area contributed by atoms with E-state index in [1.807, 2.05) is 5.38 Å². The average molecular weight is 266 g/mol. The van der Waals surface area contributed by atoms with Gasteiger partial charge in [0.05, 0.1) is 5.69 Å². The van der Waals surface area contributed by atoms with Gasteiger partial charge in [0.1, 0.15) is 0 Å². The number of nitrogen functional groups attached to an aromatic ring is 1. The van der Waals surface area contributed by atoms with Gasteiger partial charge >= 0.3 is 0 Å². The van der Waals surface area contributed by atoms with Crippen molar-refractivity contribution in [1.82, 2.24) is 15.2 Å². The monoisotopic (exact) mass is 266 g/mol. The van der Waals surface area contributed by atoms with E-state index in [1.165, 1.54) is 11.3 Å². The Labute approximate surface area is 110 Å². The third kappa shape index (κ3) is 2.49. The molecule has 3 heterocycles. The summed E-state index contributed by atoms with van der Waals surface area (Å²) in [7, 11) is 0. The Hall–Kier alpha value is -1.14. The Morgan fingerprint density at radius 1 is 1.56 bits per heavy atom. The van der Waals surface area contributed by atoms with Crippen molar-refractivity contribution in [3.63, 3.8) is 0 Å². The van der Waals surface area contributed by atoms with Crippen molar-refractivity contribution in [2.24, 2.45) is 5.92 Å². The fourth-order valence-corrected chi connectivity index (χ4v) is 3.51. The first-order valence-corrected chi connectivity index (χ1v) is 7.30. The number of carbonyl (C=O) groups excluding carboxylic acids is 1. The normalized spacial score (nSPS) is 28.8. The summed E-state index contributed by atoms with van der Waals surface area (Å²) in [6.07, 6.45) is 2.75. The van der Waals surface area contributed by atoms with Crippen LogP contribution >= 0.6 is 11.3 Å². The molecule has 98 valence electrons. The molecule has 3 N–H and O–H groups in total. The number of hydrogen-bond donors (Lipinski definition) is 2. The molecule has 2 fully saturated rings. The second-order valence-corrected chi connectivity index (χ2v) is 6.06. The maximum atomic E-state index is 11.3. The maximum Gasteiger partial charge on any atom is 0.220 e. The molecule has 5 nitrogen and oxygen atoms in total. The first kappa shape index (κ1) is 11.9. The number of carbonyl (C=O) groups is 1. The second kappa shape index (κ2) is 4.85. The largest absolute Gasteiger partial charge is 0.375 e. The molecule has 1 amide bonds. The van der Waals surface area contributed by atoms with Crippen molar-refractivity contribution in [3.8, 4) is 0 Å². The van der Waals surface area contributed by atoms with Crippen LogP contribution in [0.2, 0.25) is 0 Å². The fraction of sp³-hybridized carbons (Fsp3) is 0.667. The van der Waals surface area contributed by atoms with E-state index in [1.54, 1.807) is 0 Å². The number of anilines is 1. The van der Waals surface area contributed by atoms with Gasteiger partial charge in [0, 0.05) is 37.5 Å². The second-order valence-electron chi connectivity index (χ2n) is 5.17. The van der Waals surface area contributed by atoms with E-state index in [9.17, 15) is 4.79 Å². The Balaban J connectivity index is 1.59. The van der Waals surface area contributed by atoms with Crippen LogP contribution in [0.25, 0.3) is 0 Å². The summed E-state index contributed by atoms with van der Waals surface area (Å²) in [5.74, 6) is 0.824. The predicted molar refractivity (Wildman–Crippen MR) is 71.1 cm³/mol. The number of rotatable bonds is 2. The molecule has 0 spiro atoms. The first-order valence-electron chi connectivity index (χ1n) is 6.42. The minimum Gasteiger partial charge on any atom is -0.375 e. The van der Waals surface area contributed by atoms with Crippen LogP contribution in [0.3, 0.4) is 0 Å². The lowest BCUT2D eigenvalue weighted by molar-refractivity contribution is -0.125. The number of piperidine rings is 2. The molecule has 0 aliphatic carbocycles. The Morgan fingerprint density at radius 2 is 2.44 bits per heavy atom.